The Labute approximate surface area is 121 Å². The molecule has 4 rings (SSSR count). The molecule has 4 aromatic rings. The van der Waals surface area contributed by atoms with E-state index in [0.29, 0.717) is 5.69 Å². The van der Waals surface area contributed by atoms with Gasteiger partial charge in [0.15, 0.2) is 11.6 Å². The van der Waals surface area contributed by atoms with Crippen molar-refractivity contribution >= 4 is 16.7 Å². The van der Waals surface area contributed by atoms with Crippen LogP contribution in [0.5, 0.6) is 0 Å². The van der Waals surface area contributed by atoms with Gasteiger partial charge >= 0.3 is 0 Å². The van der Waals surface area contributed by atoms with Crippen molar-refractivity contribution in [3.8, 4) is 11.6 Å². The van der Waals surface area contributed by atoms with Crippen LogP contribution in [0, 0.1) is 0 Å². The number of nitrogens with two attached hydrogens (primary N) is 1. The van der Waals surface area contributed by atoms with Crippen molar-refractivity contribution in [2.24, 2.45) is 0 Å². The summed E-state index contributed by atoms with van der Waals surface area (Å²) >= 11 is 0. The van der Waals surface area contributed by atoms with E-state index in [4.69, 9.17) is 15.7 Å². The summed E-state index contributed by atoms with van der Waals surface area (Å²) in [6, 6.07) is 13.4. The molecular formula is C16H13N5. The number of nitrogens with zero attached hydrogens (tertiary/aromatic N) is 4. The summed E-state index contributed by atoms with van der Waals surface area (Å²) in [6.45, 7) is 0. The quantitative estimate of drug-likeness (QED) is 0.572. The SMILES string of the molecule is Nc1ccc2nc(-n3cccc3)c(-n3cccc3)nc2c1. The minimum Gasteiger partial charge on any atom is -0.399 e. The van der Waals surface area contributed by atoms with Crippen LogP contribution in [0.1, 0.15) is 0 Å². The molecule has 0 aliphatic carbocycles. The number of fused-ring (bicyclic) bond motifs is 1. The zero-order valence-electron chi connectivity index (χ0n) is 11.2. The van der Waals surface area contributed by atoms with Gasteiger partial charge in [0.1, 0.15) is 0 Å². The van der Waals surface area contributed by atoms with Crippen LogP contribution in [-0.2, 0) is 0 Å². The number of aromatic nitrogens is 4. The number of rotatable bonds is 2. The molecule has 2 N–H and O–H groups in total. The Hall–Kier alpha value is -3.08. The van der Waals surface area contributed by atoms with Crippen molar-refractivity contribution in [2.45, 2.75) is 0 Å². The van der Waals surface area contributed by atoms with Gasteiger partial charge in [-0.1, -0.05) is 0 Å². The molecule has 21 heavy (non-hydrogen) atoms. The first-order chi connectivity index (χ1) is 10.3. The van der Waals surface area contributed by atoms with Gasteiger partial charge in [0.05, 0.1) is 11.0 Å². The van der Waals surface area contributed by atoms with Crippen LogP contribution in [-0.4, -0.2) is 19.1 Å². The summed E-state index contributed by atoms with van der Waals surface area (Å²) in [5.41, 5.74) is 8.14. The Morgan fingerprint density at radius 3 is 1.81 bits per heavy atom. The molecule has 102 valence electrons. The topological polar surface area (TPSA) is 61.7 Å². The van der Waals surface area contributed by atoms with Gasteiger partial charge in [-0.2, -0.15) is 0 Å². The monoisotopic (exact) mass is 275 g/mol. The second-order valence-electron chi connectivity index (χ2n) is 4.80. The van der Waals surface area contributed by atoms with E-state index in [1.54, 1.807) is 0 Å². The maximum Gasteiger partial charge on any atom is 0.181 e. The third kappa shape index (κ3) is 1.95. The van der Waals surface area contributed by atoms with Gasteiger partial charge < -0.3 is 14.9 Å². The highest BCUT2D eigenvalue weighted by molar-refractivity contribution is 5.80. The summed E-state index contributed by atoms with van der Waals surface area (Å²) in [4.78, 5) is 9.47. The summed E-state index contributed by atoms with van der Waals surface area (Å²) in [5, 5.41) is 0. The van der Waals surface area contributed by atoms with Gasteiger partial charge in [0.2, 0.25) is 0 Å². The maximum absolute atomic E-state index is 5.85. The molecule has 0 radical (unpaired) electrons. The third-order valence-electron chi connectivity index (χ3n) is 3.35. The Kier molecular flexibility index (Phi) is 2.50. The zero-order valence-corrected chi connectivity index (χ0v) is 11.2. The minimum absolute atomic E-state index is 0.684. The second kappa shape index (κ2) is 4.49. The van der Waals surface area contributed by atoms with Crippen LogP contribution in [0.2, 0.25) is 0 Å². The molecule has 0 saturated heterocycles. The fourth-order valence-electron chi connectivity index (χ4n) is 2.35. The number of hydrogen-bond donors (Lipinski definition) is 1. The van der Waals surface area contributed by atoms with E-state index < -0.39 is 0 Å². The normalized spacial score (nSPS) is 11.0. The van der Waals surface area contributed by atoms with Gasteiger partial charge in [-0.15, -0.1) is 0 Å². The summed E-state index contributed by atoms with van der Waals surface area (Å²) in [5.74, 6) is 1.56. The van der Waals surface area contributed by atoms with E-state index >= 15 is 0 Å². The Morgan fingerprint density at radius 1 is 0.714 bits per heavy atom. The first-order valence-electron chi connectivity index (χ1n) is 6.65. The van der Waals surface area contributed by atoms with Crippen LogP contribution in [0.15, 0.2) is 67.3 Å². The molecule has 0 saturated carbocycles. The van der Waals surface area contributed by atoms with Gasteiger partial charge in [-0.3, -0.25) is 0 Å². The number of hydrogen-bond acceptors (Lipinski definition) is 3. The molecule has 0 aliphatic rings. The summed E-state index contributed by atoms with van der Waals surface area (Å²) < 4.78 is 3.91. The van der Waals surface area contributed by atoms with Crippen LogP contribution in [0.4, 0.5) is 5.69 Å². The predicted molar refractivity (Wildman–Crippen MR) is 82.6 cm³/mol. The average molecular weight is 275 g/mol. The average Bonchev–Trinajstić information content (AvgIpc) is 3.19. The highest BCUT2D eigenvalue weighted by atomic mass is 15.2. The van der Waals surface area contributed by atoms with Crippen molar-refractivity contribution in [3.05, 3.63) is 67.3 Å². The molecule has 0 aliphatic heterocycles. The Morgan fingerprint density at radius 2 is 1.24 bits per heavy atom. The molecule has 3 aromatic heterocycles. The summed E-state index contributed by atoms with van der Waals surface area (Å²) in [7, 11) is 0. The highest BCUT2D eigenvalue weighted by Crippen LogP contribution is 2.21. The highest BCUT2D eigenvalue weighted by Gasteiger charge is 2.11. The Balaban J connectivity index is 2.05. The number of nitrogen functional groups attached to an aromatic ring is 1. The van der Waals surface area contributed by atoms with Crippen LogP contribution in [0.25, 0.3) is 22.7 Å². The van der Waals surface area contributed by atoms with Gasteiger partial charge in [0, 0.05) is 30.5 Å². The predicted octanol–water partition coefficient (Wildman–Crippen LogP) is 2.79. The molecule has 0 amide bonds. The molecule has 1 aromatic carbocycles. The van der Waals surface area contributed by atoms with Crippen molar-refractivity contribution < 1.29 is 0 Å². The van der Waals surface area contributed by atoms with Crippen molar-refractivity contribution in [1.29, 1.82) is 0 Å². The lowest BCUT2D eigenvalue weighted by atomic mass is 10.2. The van der Waals surface area contributed by atoms with Crippen molar-refractivity contribution in [3.63, 3.8) is 0 Å². The molecule has 3 heterocycles. The molecule has 0 unspecified atom stereocenters. The van der Waals surface area contributed by atoms with Gasteiger partial charge in [-0.05, 0) is 42.5 Å². The standard InChI is InChI=1S/C16H13N5/c17-12-5-6-13-14(11-12)19-16(21-9-3-4-10-21)15(18-13)20-7-1-2-8-20/h1-11H,17H2. The lowest BCUT2D eigenvalue weighted by molar-refractivity contribution is 0.927. The fourth-order valence-corrected chi connectivity index (χ4v) is 2.35. The number of anilines is 1. The zero-order chi connectivity index (χ0) is 14.2. The Bertz CT molecular complexity index is 892. The van der Waals surface area contributed by atoms with Crippen molar-refractivity contribution in [1.82, 2.24) is 19.1 Å². The first-order valence-corrected chi connectivity index (χ1v) is 6.65. The van der Waals surface area contributed by atoms with E-state index in [1.807, 2.05) is 76.4 Å². The molecule has 5 nitrogen and oxygen atoms in total. The fraction of sp³-hybridized carbons (Fsp3) is 0. The largest absolute Gasteiger partial charge is 0.399 e. The third-order valence-corrected chi connectivity index (χ3v) is 3.35. The maximum atomic E-state index is 5.85. The lowest BCUT2D eigenvalue weighted by Gasteiger charge is -2.11. The van der Waals surface area contributed by atoms with Crippen molar-refractivity contribution in [2.75, 3.05) is 5.73 Å². The molecular weight excluding hydrogens is 262 g/mol. The molecule has 0 spiro atoms. The molecule has 0 bridgehead atoms. The molecule has 0 atom stereocenters. The lowest BCUT2D eigenvalue weighted by Crippen LogP contribution is -2.06. The van der Waals surface area contributed by atoms with E-state index in [1.165, 1.54) is 0 Å². The van der Waals surface area contributed by atoms with Crippen LogP contribution < -0.4 is 5.73 Å². The van der Waals surface area contributed by atoms with Gasteiger partial charge in [0.25, 0.3) is 0 Å². The van der Waals surface area contributed by atoms with Crippen LogP contribution >= 0.6 is 0 Å². The second-order valence-corrected chi connectivity index (χ2v) is 4.80. The minimum atomic E-state index is 0.684. The number of benzene rings is 1. The van der Waals surface area contributed by atoms with Crippen LogP contribution in [0.3, 0.4) is 0 Å². The van der Waals surface area contributed by atoms with E-state index in [0.717, 1.165) is 22.7 Å². The van der Waals surface area contributed by atoms with E-state index in [2.05, 4.69) is 0 Å². The van der Waals surface area contributed by atoms with E-state index in [-0.39, 0.29) is 0 Å². The van der Waals surface area contributed by atoms with Gasteiger partial charge in [-0.25, -0.2) is 9.97 Å². The smallest absolute Gasteiger partial charge is 0.181 e. The molecule has 0 fully saturated rings. The first kappa shape index (κ1) is 11.7. The molecule has 5 heteroatoms. The van der Waals surface area contributed by atoms with E-state index in [9.17, 15) is 0 Å². The summed E-state index contributed by atoms with van der Waals surface area (Å²) in [6.07, 6.45) is 7.82.